The molecule has 0 amide bonds. The number of halogens is 5. The second-order valence-corrected chi connectivity index (χ2v) is 3.55. The number of pyridine rings is 1. The zero-order valence-electron chi connectivity index (χ0n) is 9.05. The lowest BCUT2D eigenvalue weighted by Gasteiger charge is -2.15. The fourth-order valence-electron chi connectivity index (χ4n) is 1.54. The first-order chi connectivity index (χ1) is 8.12. The van der Waals surface area contributed by atoms with Gasteiger partial charge in [-0.1, -0.05) is 0 Å². The Morgan fingerprint density at radius 2 is 2.00 bits per heavy atom. The fraction of sp³-hybridized carbons (Fsp3) is 0.400. The normalized spacial score (nSPS) is 11.9. The van der Waals surface area contributed by atoms with Gasteiger partial charge in [0.05, 0.1) is 17.7 Å². The second-order valence-electron chi connectivity index (χ2n) is 3.55. The molecule has 18 heavy (non-hydrogen) atoms. The number of hydrogen-bond donors (Lipinski definition) is 1. The summed E-state index contributed by atoms with van der Waals surface area (Å²) in [6, 6.07) is 0.610. The van der Waals surface area contributed by atoms with Crippen molar-refractivity contribution in [1.82, 2.24) is 4.98 Å². The summed E-state index contributed by atoms with van der Waals surface area (Å²) in [5.74, 6) is -1.57. The molecule has 0 bridgehead atoms. The van der Waals surface area contributed by atoms with Crippen molar-refractivity contribution in [3.8, 4) is 0 Å². The quantitative estimate of drug-likeness (QED) is 0.858. The number of carboxylic acid groups (broad SMARTS) is 1. The summed E-state index contributed by atoms with van der Waals surface area (Å²) in [5.41, 5.74) is -3.50. The average molecular weight is 269 g/mol. The first kappa shape index (κ1) is 14.3. The van der Waals surface area contributed by atoms with E-state index in [-0.39, 0.29) is 0 Å². The molecule has 0 unspecified atom stereocenters. The van der Waals surface area contributed by atoms with Crippen LogP contribution in [0, 0.1) is 6.92 Å². The van der Waals surface area contributed by atoms with Gasteiger partial charge in [-0.15, -0.1) is 0 Å². The zero-order chi connectivity index (χ0) is 14.1. The Morgan fingerprint density at radius 1 is 1.44 bits per heavy atom. The van der Waals surface area contributed by atoms with Gasteiger partial charge < -0.3 is 5.11 Å². The Kier molecular flexibility index (Phi) is 3.88. The average Bonchev–Trinajstić information content (AvgIpc) is 2.12. The molecule has 0 aromatic carbocycles. The van der Waals surface area contributed by atoms with Gasteiger partial charge in [-0.3, -0.25) is 9.78 Å². The van der Waals surface area contributed by atoms with Gasteiger partial charge >= 0.3 is 12.1 Å². The van der Waals surface area contributed by atoms with Gasteiger partial charge in [0.15, 0.2) is 0 Å². The van der Waals surface area contributed by atoms with Crippen LogP contribution in [0.4, 0.5) is 22.0 Å². The Balaban J connectivity index is 3.44. The molecule has 1 heterocycles. The number of hydrogen-bond acceptors (Lipinski definition) is 2. The number of alkyl halides is 5. The maximum Gasteiger partial charge on any atom is 0.418 e. The molecule has 3 nitrogen and oxygen atoms in total. The van der Waals surface area contributed by atoms with Gasteiger partial charge in [-0.25, -0.2) is 8.78 Å². The molecule has 0 saturated heterocycles. The molecule has 0 spiro atoms. The minimum absolute atomic E-state index is 0.468. The molecule has 0 aliphatic heterocycles. The summed E-state index contributed by atoms with van der Waals surface area (Å²) in [7, 11) is 0. The third kappa shape index (κ3) is 3.14. The molecule has 0 aliphatic rings. The van der Waals surface area contributed by atoms with Gasteiger partial charge in [-0.2, -0.15) is 13.2 Å². The summed E-state index contributed by atoms with van der Waals surface area (Å²) in [5, 5.41) is 8.48. The van der Waals surface area contributed by atoms with E-state index in [2.05, 4.69) is 4.98 Å². The number of carboxylic acids is 1. The van der Waals surface area contributed by atoms with Crippen LogP contribution in [0.3, 0.4) is 0 Å². The molecule has 1 rings (SSSR count). The van der Waals surface area contributed by atoms with E-state index in [0.29, 0.717) is 6.07 Å². The van der Waals surface area contributed by atoms with Crippen LogP contribution in [-0.4, -0.2) is 16.1 Å². The van der Waals surface area contributed by atoms with Gasteiger partial charge in [-0.05, 0) is 18.6 Å². The van der Waals surface area contributed by atoms with Crippen LogP contribution in [0.15, 0.2) is 6.07 Å². The van der Waals surface area contributed by atoms with E-state index in [0.717, 1.165) is 6.92 Å². The maximum absolute atomic E-state index is 12.7. The molecule has 0 atom stereocenters. The van der Waals surface area contributed by atoms with E-state index in [4.69, 9.17) is 5.11 Å². The van der Waals surface area contributed by atoms with Crippen LogP contribution in [0.1, 0.15) is 28.9 Å². The number of aryl methyl sites for hydroxylation is 1. The van der Waals surface area contributed by atoms with Crippen LogP contribution in [0.5, 0.6) is 0 Å². The molecule has 0 saturated carbocycles. The maximum atomic E-state index is 12.7. The number of nitrogens with zero attached hydrogens (tertiary/aromatic N) is 1. The largest absolute Gasteiger partial charge is 0.481 e. The van der Waals surface area contributed by atoms with Crippen molar-refractivity contribution in [3.63, 3.8) is 0 Å². The Morgan fingerprint density at radius 3 is 2.39 bits per heavy atom. The SMILES string of the molecule is Cc1cc(C(F)F)nc(CC(=O)O)c1C(F)(F)F. The topological polar surface area (TPSA) is 50.2 Å². The molecule has 100 valence electrons. The van der Waals surface area contributed by atoms with Gasteiger partial charge in [0.1, 0.15) is 5.69 Å². The molecule has 1 aromatic rings. The predicted octanol–water partition coefficient (Wildman–Crippen LogP) is 2.97. The van der Waals surface area contributed by atoms with Crippen molar-refractivity contribution in [1.29, 1.82) is 0 Å². The summed E-state index contributed by atoms with van der Waals surface area (Å²) in [6.07, 6.45) is -8.95. The van der Waals surface area contributed by atoms with Gasteiger partial charge in [0.25, 0.3) is 6.43 Å². The molecule has 1 aromatic heterocycles. The summed E-state index contributed by atoms with van der Waals surface area (Å²) in [6.45, 7) is 0.988. The van der Waals surface area contributed by atoms with E-state index in [1.54, 1.807) is 0 Å². The highest BCUT2D eigenvalue weighted by Gasteiger charge is 2.37. The Labute approximate surface area is 98.3 Å². The van der Waals surface area contributed by atoms with E-state index < -0.39 is 47.5 Å². The van der Waals surface area contributed by atoms with Crippen LogP contribution < -0.4 is 0 Å². The first-order valence-electron chi connectivity index (χ1n) is 4.70. The van der Waals surface area contributed by atoms with Crippen LogP contribution in [-0.2, 0) is 17.4 Å². The lowest BCUT2D eigenvalue weighted by Crippen LogP contribution is -2.17. The first-order valence-corrected chi connectivity index (χ1v) is 4.70. The molecule has 8 heteroatoms. The summed E-state index contributed by atoms with van der Waals surface area (Å²) >= 11 is 0. The smallest absolute Gasteiger partial charge is 0.418 e. The highest BCUT2D eigenvalue weighted by atomic mass is 19.4. The molecule has 0 radical (unpaired) electrons. The minimum Gasteiger partial charge on any atom is -0.481 e. The van der Waals surface area contributed by atoms with E-state index in [1.807, 2.05) is 0 Å². The van der Waals surface area contributed by atoms with Gasteiger partial charge in [0.2, 0.25) is 0 Å². The van der Waals surface area contributed by atoms with Crippen LogP contribution >= 0.6 is 0 Å². The van der Waals surface area contributed by atoms with E-state index in [1.165, 1.54) is 0 Å². The Hall–Kier alpha value is -1.73. The van der Waals surface area contributed by atoms with E-state index >= 15 is 0 Å². The fourth-order valence-corrected chi connectivity index (χ4v) is 1.54. The van der Waals surface area contributed by atoms with Crippen molar-refractivity contribution in [2.75, 3.05) is 0 Å². The van der Waals surface area contributed by atoms with Gasteiger partial charge in [0, 0.05) is 0 Å². The lowest BCUT2D eigenvalue weighted by molar-refractivity contribution is -0.140. The van der Waals surface area contributed by atoms with Crippen molar-refractivity contribution >= 4 is 5.97 Å². The third-order valence-corrected chi connectivity index (χ3v) is 2.14. The van der Waals surface area contributed by atoms with Crippen LogP contribution in [0.2, 0.25) is 0 Å². The van der Waals surface area contributed by atoms with Crippen LogP contribution in [0.25, 0.3) is 0 Å². The van der Waals surface area contributed by atoms with Crippen molar-refractivity contribution in [3.05, 3.63) is 28.6 Å². The highest BCUT2D eigenvalue weighted by molar-refractivity contribution is 5.70. The minimum atomic E-state index is -4.83. The summed E-state index contributed by atoms with van der Waals surface area (Å²) in [4.78, 5) is 13.5. The molecule has 1 N–H and O–H groups in total. The second kappa shape index (κ2) is 4.87. The molecular weight excluding hydrogens is 261 g/mol. The highest BCUT2D eigenvalue weighted by Crippen LogP contribution is 2.35. The number of aromatic nitrogens is 1. The number of rotatable bonds is 3. The van der Waals surface area contributed by atoms with Crippen molar-refractivity contribution in [2.24, 2.45) is 0 Å². The Bertz CT molecular complexity index is 470. The van der Waals surface area contributed by atoms with E-state index in [9.17, 15) is 26.7 Å². The predicted molar refractivity (Wildman–Crippen MR) is 50.3 cm³/mol. The van der Waals surface area contributed by atoms with Crippen molar-refractivity contribution in [2.45, 2.75) is 25.9 Å². The molecule has 0 aliphatic carbocycles. The molecular formula is C10H8F5NO2. The van der Waals surface area contributed by atoms with Crippen molar-refractivity contribution < 1.29 is 31.9 Å². The standard InChI is InChI=1S/C10H8F5NO2/c1-4-2-6(9(11)12)16-5(3-7(17)18)8(4)10(13,14)15/h2,9H,3H2,1H3,(H,17,18). The molecule has 0 fully saturated rings. The third-order valence-electron chi connectivity index (χ3n) is 2.14. The number of carbonyl (C=O) groups is 1. The zero-order valence-corrected chi connectivity index (χ0v) is 9.05. The number of aliphatic carboxylic acids is 1. The lowest BCUT2D eigenvalue weighted by atomic mass is 10.0. The monoisotopic (exact) mass is 269 g/mol. The summed E-state index contributed by atoms with van der Waals surface area (Å²) < 4.78 is 62.8.